The van der Waals surface area contributed by atoms with Gasteiger partial charge >= 0.3 is 0 Å². The number of nitrogens with two attached hydrogens (primary N) is 1. The number of hydrogen-bond donors (Lipinski definition) is 2. The minimum absolute atomic E-state index is 0.329. The number of amides is 1. The second-order valence-corrected chi connectivity index (χ2v) is 4.45. The van der Waals surface area contributed by atoms with Gasteiger partial charge in [-0.1, -0.05) is 36.4 Å². The van der Waals surface area contributed by atoms with Crippen molar-refractivity contribution in [2.45, 2.75) is 0 Å². The largest absolute Gasteiger partial charge is 0.366 e. The first-order valence-corrected chi connectivity index (χ1v) is 6.83. The van der Waals surface area contributed by atoms with E-state index in [1.807, 2.05) is 60.7 Å². The molecule has 2 aromatic carbocycles. The van der Waals surface area contributed by atoms with Crippen molar-refractivity contribution in [3.63, 3.8) is 0 Å². The Labute approximate surface area is 129 Å². The van der Waals surface area contributed by atoms with Gasteiger partial charge in [0.15, 0.2) is 0 Å². The number of carbonyl (C=O) groups excluding carboxylic acids is 1. The van der Waals surface area contributed by atoms with Crippen molar-refractivity contribution in [1.82, 2.24) is 0 Å². The van der Waals surface area contributed by atoms with Gasteiger partial charge in [0.25, 0.3) is 0 Å². The minimum Gasteiger partial charge on any atom is -0.366 e. The van der Waals surface area contributed by atoms with Gasteiger partial charge in [0.1, 0.15) is 0 Å². The lowest BCUT2D eigenvalue weighted by Crippen LogP contribution is -2.14. The molecular formula is C18H17N3O. The fourth-order valence-corrected chi connectivity index (χ4v) is 1.68. The van der Waals surface area contributed by atoms with Crippen LogP contribution < -0.4 is 11.1 Å². The molecule has 0 spiro atoms. The molecule has 0 heterocycles. The molecular weight excluding hydrogens is 274 g/mol. The Bertz CT molecular complexity index is 689. The molecule has 0 aliphatic rings. The van der Waals surface area contributed by atoms with Crippen molar-refractivity contribution in [3.8, 4) is 0 Å². The number of allylic oxidation sites excluding steroid dienone is 2. The van der Waals surface area contributed by atoms with Gasteiger partial charge in [-0.3, -0.25) is 9.79 Å². The smallest absolute Gasteiger partial charge is 0.250 e. The molecule has 22 heavy (non-hydrogen) atoms. The van der Waals surface area contributed by atoms with E-state index in [2.05, 4.69) is 10.3 Å². The molecule has 2 rings (SSSR count). The van der Waals surface area contributed by atoms with Gasteiger partial charge in [-0.05, 0) is 36.4 Å². The lowest BCUT2D eigenvalue weighted by molar-refractivity contribution is -0.114. The van der Waals surface area contributed by atoms with Crippen LogP contribution in [0.25, 0.3) is 0 Å². The maximum Gasteiger partial charge on any atom is 0.250 e. The van der Waals surface area contributed by atoms with Crippen LogP contribution in [0.2, 0.25) is 0 Å². The van der Waals surface area contributed by atoms with Crippen LogP contribution in [0.1, 0.15) is 0 Å². The number of primary amides is 1. The highest BCUT2D eigenvalue weighted by atomic mass is 16.1. The van der Waals surface area contributed by atoms with Crippen molar-refractivity contribution >= 4 is 23.5 Å². The van der Waals surface area contributed by atoms with Crippen LogP contribution in [0.15, 0.2) is 89.6 Å². The number of nitrogens with zero attached hydrogens (tertiary/aromatic N) is 1. The second kappa shape index (κ2) is 8.21. The average molecular weight is 291 g/mol. The third-order valence-electron chi connectivity index (χ3n) is 2.79. The topological polar surface area (TPSA) is 67.5 Å². The summed E-state index contributed by atoms with van der Waals surface area (Å²) < 4.78 is 0. The number of hydrogen-bond acceptors (Lipinski definition) is 3. The molecule has 0 saturated heterocycles. The molecule has 1 amide bonds. The first kappa shape index (κ1) is 15.3. The van der Waals surface area contributed by atoms with Crippen LogP contribution >= 0.6 is 0 Å². The molecule has 0 bridgehead atoms. The van der Waals surface area contributed by atoms with Crippen LogP contribution in [0, 0.1) is 0 Å². The molecule has 0 aromatic heterocycles. The maximum atomic E-state index is 11.4. The van der Waals surface area contributed by atoms with Gasteiger partial charge in [0.2, 0.25) is 5.91 Å². The molecule has 0 aliphatic heterocycles. The highest BCUT2D eigenvalue weighted by Crippen LogP contribution is 2.09. The highest BCUT2D eigenvalue weighted by molar-refractivity contribution is 6.12. The van der Waals surface area contributed by atoms with Crippen molar-refractivity contribution < 1.29 is 4.79 Å². The molecule has 2 aromatic rings. The Morgan fingerprint density at radius 2 is 1.64 bits per heavy atom. The van der Waals surface area contributed by atoms with Crippen LogP contribution in [-0.4, -0.2) is 12.1 Å². The number of nitrogens with one attached hydrogen (secondary N) is 1. The number of benzene rings is 2. The van der Waals surface area contributed by atoms with Crippen LogP contribution in [0.4, 0.5) is 11.4 Å². The van der Waals surface area contributed by atoms with Crippen molar-refractivity contribution in [3.05, 3.63) is 84.6 Å². The van der Waals surface area contributed by atoms with Crippen LogP contribution in [-0.2, 0) is 4.79 Å². The summed E-state index contributed by atoms with van der Waals surface area (Å²) in [6, 6.07) is 19.1. The van der Waals surface area contributed by atoms with Gasteiger partial charge in [0.05, 0.1) is 11.3 Å². The van der Waals surface area contributed by atoms with Gasteiger partial charge in [-0.25, -0.2) is 0 Å². The fourth-order valence-electron chi connectivity index (χ4n) is 1.68. The molecule has 4 nitrogen and oxygen atoms in total. The molecule has 3 N–H and O–H groups in total. The summed E-state index contributed by atoms with van der Waals surface area (Å²) in [5.74, 6) is -0.524. The number of rotatable bonds is 6. The highest BCUT2D eigenvalue weighted by Gasteiger charge is 1.99. The Hall–Kier alpha value is -3.14. The summed E-state index contributed by atoms with van der Waals surface area (Å²) in [4.78, 5) is 15.6. The molecule has 0 atom stereocenters. The lowest BCUT2D eigenvalue weighted by atomic mass is 10.2. The summed E-state index contributed by atoms with van der Waals surface area (Å²) in [5, 5.41) is 3.09. The molecule has 0 aliphatic carbocycles. The third-order valence-corrected chi connectivity index (χ3v) is 2.79. The zero-order valence-corrected chi connectivity index (χ0v) is 12.0. The quantitative estimate of drug-likeness (QED) is 0.486. The van der Waals surface area contributed by atoms with Gasteiger partial charge < -0.3 is 11.1 Å². The van der Waals surface area contributed by atoms with Crippen molar-refractivity contribution in [2.24, 2.45) is 10.7 Å². The Morgan fingerprint density at radius 1 is 1.00 bits per heavy atom. The predicted octanol–water partition coefficient (Wildman–Crippen LogP) is 3.43. The molecule has 0 unspecified atom stereocenters. The second-order valence-electron chi connectivity index (χ2n) is 4.45. The molecule has 0 fully saturated rings. The van der Waals surface area contributed by atoms with E-state index in [1.54, 1.807) is 18.4 Å². The predicted molar refractivity (Wildman–Crippen MR) is 91.1 cm³/mol. The number of carbonyl (C=O) groups is 1. The van der Waals surface area contributed by atoms with E-state index in [9.17, 15) is 4.79 Å². The summed E-state index contributed by atoms with van der Waals surface area (Å²) in [7, 11) is 0. The average Bonchev–Trinajstić information content (AvgIpc) is 2.55. The normalized spacial score (nSPS) is 11.9. The van der Waals surface area contributed by atoms with E-state index in [-0.39, 0.29) is 0 Å². The van der Waals surface area contributed by atoms with Crippen molar-refractivity contribution in [2.75, 3.05) is 5.32 Å². The van der Waals surface area contributed by atoms with Gasteiger partial charge in [-0.2, -0.15) is 0 Å². The van der Waals surface area contributed by atoms with E-state index >= 15 is 0 Å². The van der Waals surface area contributed by atoms with Crippen LogP contribution in [0.3, 0.4) is 0 Å². The number of para-hydroxylation sites is 2. The fraction of sp³-hybridized carbons (Fsp3) is 0. The van der Waals surface area contributed by atoms with Gasteiger partial charge in [-0.15, -0.1) is 0 Å². The zero-order valence-electron chi connectivity index (χ0n) is 12.0. The number of anilines is 1. The number of aliphatic imine (C=N–C) groups is 1. The monoisotopic (exact) mass is 291 g/mol. The first-order chi connectivity index (χ1) is 10.8. The Balaban J connectivity index is 2.01. The summed E-state index contributed by atoms with van der Waals surface area (Å²) in [5.41, 5.74) is 7.40. The van der Waals surface area contributed by atoms with E-state index in [1.165, 1.54) is 6.21 Å². The van der Waals surface area contributed by atoms with Crippen molar-refractivity contribution in [1.29, 1.82) is 0 Å². The van der Waals surface area contributed by atoms with Gasteiger partial charge in [0, 0.05) is 18.1 Å². The maximum absolute atomic E-state index is 11.4. The third kappa shape index (κ3) is 5.09. The lowest BCUT2D eigenvalue weighted by Gasteiger charge is -1.98. The van der Waals surface area contributed by atoms with E-state index in [0.717, 1.165) is 11.4 Å². The Morgan fingerprint density at radius 3 is 2.27 bits per heavy atom. The van der Waals surface area contributed by atoms with E-state index in [0.29, 0.717) is 5.57 Å². The molecule has 4 heteroatoms. The summed E-state index contributed by atoms with van der Waals surface area (Å²) in [6.07, 6.45) is 6.52. The molecule has 0 radical (unpaired) electrons. The summed E-state index contributed by atoms with van der Waals surface area (Å²) >= 11 is 0. The Kier molecular flexibility index (Phi) is 5.70. The minimum atomic E-state index is -0.524. The molecule has 110 valence electrons. The zero-order chi connectivity index (χ0) is 15.6. The SMILES string of the molecule is NC(=O)C(C=Nc1ccccc1)=CC=CNc1ccccc1. The van der Waals surface area contributed by atoms with E-state index < -0.39 is 5.91 Å². The summed E-state index contributed by atoms with van der Waals surface area (Å²) in [6.45, 7) is 0. The molecule has 0 saturated carbocycles. The standard InChI is InChI=1S/C18H17N3O/c19-18(22)15(14-21-17-11-5-2-6-12-17)8-7-13-20-16-9-3-1-4-10-16/h1-14,20H,(H2,19,22). The van der Waals surface area contributed by atoms with Crippen LogP contribution in [0.5, 0.6) is 0 Å². The van der Waals surface area contributed by atoms with E-state index in [4.69, 9.17) is 5.73 Å². The first-order valence-electron chi connectivity index (χ1n) is 6.83.